The van der Waals surface area contributed by atoms with Gasteiger partial charge in [-0.1, -0.05) is 19.1 Å². The van der Waals surface area contributed by atoms with Crippen molar-refractivity contribution in [1.29, 1.82) is 0 Å². The molecule has 0 saturated heterocycles. The van der Waals surface area contributed by atoms with Crippen LogP contribution in [0.25, 0.3) is 0 Å². The lowest BCUT2D eigenvalue weighted by molar-refractivity contribution is -0.134. The van der Waals surface area contributed by atoms with Gasteiger partial charge in [-0.25, -0.2) is 0 Å². The van der Waals surface area contributed by atoms with Crippen molar-refractivity contribution in [3.63, 3.8) is 0 Å². The summed E-state index contributed by atoms with van der Waals surface area (Å²) in [6, 6.07) is 7.71. The van der Waals surface area contributed by atoms with Gasteiger partial charge < -0.3 is 14.8 Å². The Morgan fingerprint density at radius 2 is 2.09 bits per heavy atom. The molecule has 128 valence electrons. The molecule has 1 N–H and O–H groups in total. The van der Waals surface area contributed by atoms with Crippen molar-refractivity contribution in [1.82, 2.24) is 5.32 Å². The first-order valence-electron chi connectivity index (χ1n) is 8.48. The summed E-state index contributed by atoms with van der Waals surface area (Å²) in [6.07, 6.45) is 3.98. The standard InChI is InChI=1S/C19H29NO3/c1-14-8-10-19(3,11-9-14)20-18(21)15(2)23-13-16-6-5-7-17(12-16)22-4/h5-7,12,14-15H,8-11,13H2,1-4H3,(H,20,21). The van der Waals surface area contributed by atoms with Crippen LogP contribution >= 0.6 is 0 Å². The molecule has 0 bridgehead atoms. The van der Waals surface area contributed by atoms with Gasteiger partial charge in [-0.3, -0.25) is 4.79 Å². The number of rotatable bonds is 6. The normalized spacial score (nSPS) is 25.7. The maximum atomic E-state index is 12.4. The molecule has 1 atom stereocenters. The Hall–Kier alpha value is -1.55. The van der Waals surface area contributed by atoms with E-state index < -0.39 is 6.10 Å². The zero-order valence-corrected chi connectivity index (χ0v) is 14.7. The van der Waals surface area contributed by atoms with E-state index >= 15 is 0 Å². The molecule has 1 amide bonds. The van der Waals surface area contributed by atoms with Crippen LogP contribution in [-0.2, 0) is 16.1 Å². The minimum atomic E-state index is -0.461. The zero-order chi connectivity index (χ0) is 16.9. The van der Waals surface area contributed by atoms with Crippen LogP contribution in [0.3, 0.4) is 0 Å². The maximum absolute atomic E-state index is 12.4. The number of benzene rings is 1. The Morgan fingerprint density at radius 3 is 2.74 bits per heavy atom. The highest BCUT2D eigenvalue weighted by atomic mass is 16.5. The van der Waals surface area contributed by atoms with Crippen LogP contribution in [0.4, 0.5) is 0 Å². The summed E-state index contributed by atoms with van der Waals surface area (Å²) in [7, 11) is 1.64. The number of amides is 1. The smallest absolute Gasteiger partial charge is 0.249 e. The van der Waals surface area contributed by atoms with Gasteiger partial charge in [0.15, 0.2) is 0 Å². The summed E-state index contributed by atoms with van der Waals surface area (Å²) in [5.74, 6) is 1.54. The average molecular weight is 319 g/mol. The minimum Gasteiger partial charge on any atom is -0.497 e. The molecule has 1 aromatic carbocycles. The third-order valence-electron chi connectivity index (χ3n) is 4.81. The Kier molecular flexibility index (Phi) is 6.05. The summed E-state index contributed by atoms with van der Waals surface area (Å²) >= 11 is 0. The van der Waals surface area contributed by atoms with Crippen molar-refractivity contribution in [2.45, 2.75) is 64.7 Å². The Labute approximate surface area is 139 Å². The summed E-state index contributed by atoms with van der Waals surface area (Å²) in [5.41, 5.74) is 0.915. The molecule has 4 nitrogen and oxygen atoms in total. The third kappa shape index (κ3) is 5.24. The molecule has 0 radical (unpaired) electrons. The van der Waals surface area contributed by atoms with Gasteiger partial charge in [0.05, 0.1) is 13.7 Å². The maximum Gasteiger partial charge on any atom is 0.249 e. The van der Waals surface area contributed by atoms with Gasteiger partial charge in [-0.15, -0.1) is 0 Å². The molecule has 0 aromatic heterocycles. The van der Waals surface area contributed by atoms with E-state index in [1.54, 1.807) is 7.11 Å². The van der Waals surface area contributed by atoms with E-state index in [4.69, 9.17) is 9.47 Å². The fourth-order valence-corrected chi connectivity index (χ4v) is 2.98. The molecule has 0 spiro atoms. The highest BCUT2D eigenvalue weighted by Gasteiger charge is 2.32. The highest BCUT2D eigenvalue weighted by Crippen LogP contribution is 2.31. The molecule has 2 rings (SSSR count). The van der Waals surface area contributed by atoms with Crippen LogP contribution in [0, 0.1) is 5.92 Å². The number of methoxy groups -OCH3 is 1. The van der Waals surface area contributed by atoms with Crippen molar-refractivity contribution in [3.05, 3.63) is 29.8 Å². The van der Waals surface area contributed by atoms with Crippen LogP contribution in [0.2, 0.25) is 0 Å². The average Bonchev–Trinajstić information content (AvgIpc) is 2.55. The lowest BCUT2D eigenvalue weighted by atomic mass is 9.78. The molecule has 0 heterocycles. The largest absolute Gasteiger partial charge is 0.497 e. The predicted octanol–water partition coefficient (Wildman–Crippen LogP) is 3.69. The zero-order valence-electron chi connectivity index (χ0n) is 14.7. The van der Waals surface area contributed by atoms with Crippen LogP contribution in [-0.4, -0.2) is 24.7 Å². The van der Waals surface area contributed by atoms with E-state index in [2.05, 4.69) is 19.2 Å². The number of hydrogen-bond donors (Lipinski definition) is 1. The molecule has 0 aliphatic heterocycles. The first-order valence-corrected chi connectivity index (χ1v) is 8.48. The second-order valence-electron chi connectivity index (χ2n) is 7.04. The van der Waals surface area contributed by atoms with E-state index in [0.29, 0.717) is 6.61 Å². The number of hydrogen-bond acceptors (Lipinski definition) is 3. The lowest BCUT2D eigenvalue weighted by Crippen LogP contribution is -2.51. The van der Waals surface area contributed by atoms with E-state index in [9.17, 15) is 4.79 Å². The van der Waals surface area contributed by atoms with Crippen LogP contribution in [0.5, 0.6) is 5.75 Å². The number of carbonyl (C=O) groups is 1. The van der Waals surface area contributed by atoms with E-state index in [-0.39, 0.29) is 11.4 Å². The van der Waals surface area contributed by atoms with E-state index in [0.717, 1.165) is 30.1 Å². The summed E-state index contributed by atoms with van der Waals surface area (Å²) < 4.78 is 10.9. The second kappa shape index (κ2) is 7.82. The third-order valence-corrected chi connectivity index (χ3v) is 4.81. The summed E-state index contributed by atoms with van der Waals surface area (Å²) in [4.78, 5) is 12.4. The molecular weight excluding hydrogens is 290 g/mol. The molecule has 1 aliphatic rings. The minimum absolute atomic E-state index is 0.0232. The number of ether oxygens (including phenoxy) is 2. The monoisotopic (exact) mass is 319 g/mol. The van der Waals surface area contributed by atoms with Gasteiger partial charge in [0.1, 0.15) is 11.9 Å². The molecule has 23 heavy (non-hydrogen) atoms. The van der Waals surface area contributed by atoms with Crippen molar-refractivity contribution in [2.75, 3.05) is 7.11 Å². The quantitative estimate of drug-likeness (QED) is 0.870. The molecule has 1 unspecified atom stereocenters. The number of nitrogens with one attached hydrogen (secondary N) is 1. The topological polar surface area (TPSA) is 47.6 Å². The number of carbonyl (C=O) groups excluding carboxylic acids is 1. The van der Waals surface area contributed by atoms with Gasteiger partial charge in [0.2, 0.25) is 5.91 Å². The van der Waals surface area contributed by atoms with Gasteiger partial charge in [0, 0.05) is 5.54 Å². The highest BCUT2D eigenvalue weighted by molar-refractivity contribution is 5.81. The van der Waals surface area contributed by atoms with Crippen LogP contribution in [0.1, 0.15) is 52.0 Å². The van der Waals surface area contributed by atoms with Crippen molar-refractivity contribution < 1.29 is 14.3 Å². The fraction of sp³-hybridized carbons (Fsp3) is 0.632. The molecule has 1 fully saturated rings. The van der Waals surface area contributed by atoms with Gasteiger partial charge in [-0.05, 0) is 63.1 Å². The van der Waals surface area contributed by atoms with E-state index in [1.807, 2.05) is 31.2 Å². The molecular formula is C19H29NO3. The predicted molar refractivity (Wildman–Crippen MR) is 91.4 cm³/mol. The molecule has 1 aliphatic carbocycles. The van der Waals surface area contributed by atoms with Gasteiger partial charge >= 0.3 is 0 Å². The lowest BCUT2D eigenvalue weighted by Gasteiger charge is -2.37. The summed E-state index contributed by atoms with van der Waals surface area (Å²) in [6.45, 7) is 6.64. The van der Waals surface area contributed by atoms with Crippen molar-refractivity contribution in [3.8, 4) is 5.75 Å². The first-order chi connectivity index (χ1) is 10.9. The fourth-order valence-electron chi connectivity index (χ4n) is 2.98. The second-order valence-corrected chi connectivity index (χ2v) is 7.04. The Balaban J connectivity index is 1.82. The molecule has 1 aromatic rings. The van der Waals surface area contributed by atoms with Gasteiger partial charge in [-0.2, -0.15) is 0 Å². The first kappa shape index (κ1) is 17.8. The summed E-state index contributed by atoms with van der Waals surface area (Å²) in [5, 5.41) is 3.19. The van der Waals surface area contributed by atoms with E-state index in [1.165, 1.54) is 12.8 Å². The van der Waals surface area contributed by atoms with Crippen molar-refractivity contribution >= 4 is 5.91 Å². The molecule has 1 saturated carbocycles. The van der Waals surface area contributed by atoms with Crippen molar-refractivity contribution in [2.24, 2.45) is 5.92 Å². The van der Waals surface area contributed by atoms with Crippen LogP contribution < -0.4 is 10.1 Å². The van der Waals surface area contributed by atoms with Gasteiger partial charge in [0.25, 0.3) is 0 Å². The Morgan fingerprint density at radius 1 is 1.39 bits per heavy atom. The molecule has 4 heteroatoms. The SMILES string of the molecule is COc1cccc(COC(C)C(=O)NC2(C)CCC(C)CC2)c1. The Bertz CT molecular complexity index is 521. The van der Waals surface area contributed by atoms with Crippen LogP contribution in [0.15, 0.2) is 24.3 Å².